The van der Waals surface area contributed by atoms with Gasteiger partial charge in [-0.1, -0.05) is 13.0 Å². The van der Waals surface area contributed by atoms with Crippen molar-refractivity contribution in [3.05, 3.63) is 24.3 Å². The number of benzene rings is 1. The Hall–Kier alpha value is -1.18. The molecule has 0 fully saturated rings. The fraction of sp³-hybridized carbons (Fsp3) is 0.455. The van der Waals surface area contributed by atoms with Gasteiger partial charge in [-0.3, -0.25) is 0 Å². The molecule has 0 saturated carbocycles. The first kappa shape index (κ1) is 9.90. The van der Waals surface area contributed by atoms with Crippen molar-refractivity contribution in [3.63, 3.8) is 0 Å². The van der Waals surface area contributed by atoms with Crippen LogP contribution in [0.5, 0.6) is 11.5 Å². The average Bonchev–Trinajstić information content (AvgIpc) is 2.18. The van der Waals surface area contributed by atoms with Crippen molar-refractivity contribution in [2.45, 2.75) is 26.4 Å². The lowest BCUT2D eigenvalue weighted by molar-refractivity contribution is 0.216. The third kappa shape index (κ3) is 2.98. The van der Waals surface area contributed by atoms with E-state index in [-0.39, 0.29) is 6.10 Å². The molecule has 0 aliphatic rings. The predicted molar refractivity (Wildman–Crippen MR) is 53.4 cm³/mol. The first-order valence-electron chi connectivity index (χ1n) is 4.57. The Bertz CT molecular complexity index is 258. The maximum atomic E-state index is 5.63. The maximum Gasteiger partial charge on any atom is 0.123 e. The summed E-state index contributed by atoms with van der Waals surface area (Å²) in [5.41, 5.74) is 0. The monoisotopic (exact) mass is 180 g/mol. The number of ether oxygens (including phenoxy) is 2. The van der Waals surface area contributed by atoms with Gasteiger partial charge in [0.15, 0.2) is 0 Å². The summed E-state index contributed by atoms with van der Waals surface area (Å²) in [6.45, 7) is 4.16. The van der Waals surface area contributed by atoms with Crippen molar-refractivity contribution in [1.29, 1.82) is 0 Å². The lowest BCUT2D eigenvalue weighted by Crippen LogP contribution is -2.09. The molecule has 13 heavy (non-hydrogen) atoms. The second-order valence-electron chi connectivity index (χ2n) is 3.02. The minimum atomic E-state index is 0.257. The average molecular weight is 180 g/mol. The standard InChI is InChI=1S/C11H16O2/c1-4-9(2)13-11-7-5-6-10(8-11)12-3/h5-9H,4H2,1-3H3/t9-/m0/s1. The minimum Gasteiger partial charge on any atom is -0.497 e. The van der Waals surface area contributed by atoms with Gasteiger partial charge in [0, 0.05) is 6.07 Å². The van der Waals surface area contributed by atoms with E-state index in [0.29, 0.717) is 0 Å². The summed E-state index contributed by atoms with van der Waals surface area (Å²) >= 11 is 0. The molecule has 0 radical (unpaired) electrons. The van der Waals surface area contributed by atoms with E-state index in [9.17, 15) is 0 Å². The molecule has 0 saturated heterocycles. The Morgan fingerprint density at radius 2 is 2.00 bits per heavy atom. The molecule has 0 amide bonds. The van der Waals surface area contributed by atoms with Gasteiger partial charge in [-0.15, -0.1) is 0 Å². The van der Waals surface area contributed by atoms with Crippen molar-refractivity contribution in [2.24, 2.45) is 0 Å². The van der Waals surface area contributed by atoms with Crippen LogP contribution in [0.1, 0.15) is 20.3 Å². The largest absolute Gasteiger partial charge is 0.497 e. The fourth-order valence-corrected chi connectivity index (χ4v) is 0.990. The van der Waals surface area contributed by atoms with Crippen molar-refractivity contribution in [2.75, 3.05) is 7.11 Å². The quantitative estimate of drug-likeness (QED) is 0.709. The van der Waals surface area contributed by atoms with Crippen LogP contribution in [0.3, 0.4) is 0 Å². The van der Waals surface area contributed by atoms with Gasteiger partial charge in [-0.25, -0.2) is 0 Å². The summed E-state index contributed by atoms with van der Waals surface area (Å²) in [5, 5.41) is 0. The summed E-state index contributed by atoms with van der Waals surface area (Å²) in [5.74, 6) is 1.70. The van der Waals surface area contributed by atoms with Crippen LogP contribution in [0, 0.1) is 0 Å². The van der Waals surface area contributed by atoms with Gasteiger partial charge in [0.2, 0.25) is 0 Å². The molecule has 2 nitrogen and oxygen atoms in total. The highest BCUT2D eigenvalue weighted by Crippen LogP contribution is 2.20. The van der Waals surface area contributed by atoms with Crippen LogP contribution in [0.25, 0.3) is 0 Å². The van der Waals surface area contributed by atoms with Crippen molar-refractivity contribution >= 4 is 0 Å². The zero-order chi connectivity index (χ0) is 9.68. The summed E-state index contributed by atoms with van der Waals surface area (Å²) in [4.78, 5) is 0. The highest BCUT2D eigenvalue weighted by Gasteiger charge is 2.01. The van der Waals surface area contributed by atoms with Gasteiger partial charge >= 0.3 is 0 Å². The fourth-order valence-electron chi connectivity index (χ4n) is 0.990. The molecule has 0 aromatic heterocycles. The predicted octanol–water partition coefficient (Wildman–Crippen LogP) is 2.87. The first-order valence-corrected chi connectivity index (χ1v) is 4.57. The molecule has 1 aromatic rings. The van der Waals surface area contributed by atoms with E-state index in [2.05, 4.69) is 13.8 Å². The van der Waals surface area contributed by atoms with Crippen LogP contribution in [-0.2, 0) is 0 Å². The summed E-state index contributed by atoms with van der Waals surface area (Å²) in [6, 6.07) is 7.67. The van der Waals surface area contributed by atoms with Crippen molar-refractivity contribution < 1.29 is 9.47 Å². The van der Waals surface area contributed by atoms with Gasteiger partial charge in [0.05, 0.1) is 13.2 Å². The number of methoxy groups -OCH3 is 1. The molecule has 2 heteroatoms. The summed E-state index contributed by atoms with van der Waals surface area (Å²) < 4.78 is 10.7. The molecule has 0 heterocycles. The third-order valence-electron chi connectivity index (χ3n) is 1.95. The maximum absolute atomic E-state index is 5.63. The molecule has 1 aromatic carbocycles. The molecule has 72 valence electrons. The topological polar surface area (TPSA) is 18.5 Å². The lowest BCUT2D eigenvalue weighted by atomic mass is 10.3. The Labute approximate surface area is 79.5 Å². The molecule has 0 aliphatic carbocycles. The van der Waals surface area contributed by atoms with Crippen LogP contribution in [0.2, 0.25) is 0 Å². The molecular formula is C11H16O2. The van der Waals surface area contributed by atoms with Gasteiger partial charge in [0.25, 0.3) is 0 Å². The normalized spacial score (nSPS) is 12.2. The van der Waals surface area contributed by atoms with Crippen LogP contribution >= 0.6 is 0 Å². The first-order chi connectivity index (χ1) is 6.26. The van der Waals surface area contributed by atoms with Gasteiger partial charge in [-0.05, 0) is 25.5 Å². The number of hydrogen-bond donors (Lipinski definition) is 0. The molecule has 1 atom stereocenters. The highest BCUT2D eigenvalue weighted by molar-refractivity contribution is 5.32. The van der Waals surface area contributed by atoms with Crippen molar-refractivity contribution in [3.8, 4) is 11.5 Å². The summed E-state index contributed by atoms with van der Waals surface area (Å²) in [7, 11) is 1.66. The Morgan fingerprint density at radius 3 is 2.62 bits per heavy atom. The van der Waals surface area contributed by atoms with Crippen LogP contribution in [0.15, 0.2) is 24.3 Å². The van der Waals surface area contributed by atoms with Crippen LogP contribution in [-0.4, -0.2) is 13.2 Å². The third-order valence-corrected chi connectivity index (χ3v) is 1.95. The Morgan fingerprint density at radius 1 is 1.31 bits per heavy atom. The van der Waals surface area contributed by atoms with Gasteiger partial charge in [0.1, 0.15) is 11.5 Å². The SMILES string of the molecule is CC[C@H](C)Oc1cccc(OC)c1. The van der Waals surface area contributed by atoms with E-state index < -0.39 is 0 Å². The van der Waals surface area contributed by atoms with Crippen molar-refractivity contribution in [1.82, 2.24) is 0 Å². The van der Waals surface area contributed by atoms with Crippen LogP contribution < -0.4 is 9.47 Å². The minimum absolute atomic E-state index is 0.257. The van der Waals surface area contributed by atoms with E-state index in [1.165, 1.54) is 0 Å². The Kier molecular flexibility index (Phi) is 3.62. The van der Waals surface area contributed by atoms with E-state index >= 15 is 0 Å². The van der Waals surface area contributed by atoms with Gasteiger partial charge < -0.3 is 9.47 Å². The molecule has 0 bridgehead atoms. The van der Waals surface area contributed by atoms with Crippen LogP contribution in [0.4, 0.5) is 0 Å². The molecule has 0 aliphatic heterocycles. The molecule has 0 unspecified atom stereocenters. The zero-order valence-electron chi connectivity index (χ0n) is 8.41. The van der Waals surface area contributed by atoms with E-state index in [1.54, 1.807) is 7.11 Å². The lowest BCUT2D eigenvalue weighted by Gasteiger charge is -2.12. The highest BCUT2D eigenvalue weighted by atomic mass is 16.5. The second-order valence-corrected chi connectivity index (χ2v) is 3.02. The van der Waals surface area contributed by atoms with E-state index in [0.717, 1.165) is 17.9 Å². The molecular weight excluding hydrogens is 164 g/mol. The van der Waals surface area contributed by atoms with E-state index in [4.69, 9.17) is 9.47 Å². The summed E-state index contributed by atoms with van der Waals surface area (Å²) in [6.07, 6.45) is 1.27. The Balaban J connectivity index is 2.66. The second kappa shape index (κ2) is 4.75. The number of hydrogen-bond acceptors (Lipinski definition) is 2. The zero-order valence-corrected chi connectivity index (χ0v) is 8.41. The number of rotatable bonds is 4. The van der Waals surface area contributed by atoms with Gasteiger partial charge in [-0.2, -0.15) is 0 Å². The smallest absolute Gasteiger partial charge is 0.123 e. The molecule has 0 spiro atoms. The molecule has 0 N–H and O–H groups in total. The van der Waals surface area contributed by atoms with E-state index in [1.807, 2.05) is 24.3 Å². The molecule has 1 rings (SSSR count).